The van der Waals surface area contributed by atoms with E-state index in [1.54, 1.807) is 0 Å². The van der Waals surface area contributed by atoms with E-state index in [-0.39, 0.29) is 16.8 Å². The molecule has 1 heterocycles. The van der Waals surface area contributed by atoms with E-state index in [1.807, 2.05) is 11.0 Å². The van der Waals surface area contributed by atoms with E-state index in [0.717, 1.165) is 13.1 Å². The fourth-order valence-corrected chi connectivity index (χ4v) is 3.92. The lowest BCUT2D eigenvalue weighted by atomic mass is 10.1. The molecule has 0 saturated carbocycles. The van der Waals surface area contributed by atoms with Crippen LogP contribution in [0.25, 0.3) is 0 Å². The van der Waals surface area contributed by atoms with Crippen LogP contribution in [0.2, 0.25) is 0 Å². The highest BCUT2D eigenvalue weighted by Crippen LogP contribution is 2.29. The zero-order valence-corrected chi connectivity index (χ0v) is 19.1. The Hall–Kier alpha value is -1.74. The minimum Gasteiger partial charge on any atom is -0.379 e. The molecule has 1 saturated heterocycles. The number of hydrogen-bond donors (Lipinski definition) is 1. The van der Waals surface area contributed by atoms with Gasteiger partial charge in [0, 0.05) is 56.0 Å². The van der Waals surface area contributed by atoms with Gasteiger partial charge in [-0.2, -0.15) is 5.26 Å². The number of nitro benzene ring substituents is 1. The van der Waals surface area contributed by atoms with Crippen LogP contribution in [0.5, 0.6) is 0 Å². The quantitative estimate of drug-likeness (QED) is 0.279. The normalized spacial score (nSPS) is 14.2. The summed E-state index contributed by atoms with van der Waals surface area (Å²) >= 11 is 6.76. The number of nitrogens with zero attached hydrogens (tertiary/aromatic N) is 4. The topological polar surface area (TPSA) is 112 Å². The van der Waals surface area contributed by atoms with Crippen LogP contribution >= 0.6 is 31.9 Å². The van der Waals surface area contributed by atoms with E-state index in [2.05, 4.69) is 42.1 Å². The molecule has 0 atom stereocenters. The second-order valence-corrected chi connectivity index (χ2v) is 7.92. The van der Waals surface area contributed by atoms with E-state index in [0.29, 0.717) is 55.7 Å². The maximum absolute atomic E-state index is 12.7. The zero-order valence-electron chi connectivity index (χ0n) is 15.9. The molecule has 11 heteroatoms. The molecule has 0 aliphatic carbocycles. The van der Waals surface area contributed by atoms with Gasteiger partial charge in [-0.05, 0) is 6.07 Å². The number of amides is 1. The van der Waals surface area contributed by atoms with Gasteiger partial charge < -0.3 is 15.0 Å². The van der Waals surface area contributed by atoms with Gasteiger partial charge in [0.05, 0.1) is 29.4 Å². The van der Waals surface area contributed by atoms with Crippen LogP contribution in [-0.2, 0) is 4.74 Å². The van der Waals surface area contributed by atoms with Gasteiger partial charge in [-0.15, -0.1) is 0 Å². The smallest absolute Gasteiger partial charge is 0.283 e. The lowest BCUT2D eigenvalue weighted by Crippen LogP contribution is -2.41. The summed E-state index contributed by atoms with van der Waals surface area (Å²) < 4.78 is 5.29. The number of nitriles is 1. The van der Waals surface area contributed by atoms with Crippen molar-refractivity contribution in [1.29, 1.82) is 5.26 Å². The Morgan fingerprint density at radius 1 is 1.31 bits per heavy atom. The Morgan fingerprint density at radius 2 is 1.97 bits per heavy atom. The fourth-order valence-electron chi connectivity index (χ4n) is 3.07. The van der Waals surface area contributed by atoms with Crippen molar-refractivity contribution in [1.82, 2.24) is 10.2 Å². The summed E-state index contributed by atoms with van der Waals surface area (Å²) in [5.74, 6) is -0.520. The maximum Gasteiger partial charge on any atom is 0.283 e. The molecule has 0 unspecified atom stereocenters. The fraction of sp³-hybridized carbons (Fsp3) is 0.556. The average molecular weight is 533 g/mol. The van der Waals surface area contributed by atoms with Crippen molar-refractivity contribution < 1.29 is 14.5 Å². The van der Waals surface area contributed by atoms with Gasteiger partial charge in [-0.3, -0.25) is 19.8 Å². The van der Waals surface area contributed by atoms with Gasteiger partial charge in [-0.25, -0.2) is 0 Å². The van der Waals surface area contributed by atoms with E-state index in [1.165, 1.54) is 12.1 Å². The minimum absolute atomic E-state index is 0.0416. The molecule has 29 heavy (non-hydrogen) atoms. The summed E-state index contributed by atoms with van der Waals surface area (Å²) in [7, 11) is 0. The predicted molar refractivity (Wildman–Crippen MR) is 117 cm³/mol. The molecule has 0 radical (unpaired) electrons. The molecule has 158 valence electrons. The molecular weight excluding hydrogens is 510 g/mol. The van der Waals surface area contributed by atoms with Gasteiger partial charge in [0.1, 0.15) is 11.6 Å². The summed E-state index contributed by atoms with van der Waals surface area (Å²) in [5.41, 5.74) is 0.269. The van der Waals surface area contributed by atoms with Crippen LogP contribution in [-0.4, -0.2) is 78.9 Å². The second kappa shape index (κ2) is 12.1. The molecule has 0 bridgehead atoms. The van der Waals surface area contributed by atoms with E-state index in [4.69, 9.17) is 4.74 Å². The summed E-state index contributed by atoms with van der Waals surface area (Å²) in [6.45, 7) is 5.12. The zero-order chi connectivity index (χ0) is 21.2. The van der Waals surface area contributed by atoms with Crippen LogP contribution < -0.4 is 10.2 Å². The van der Waals surface area contributed by atoms with Crippen LogP contribution in [0.3, 0.4) is 0 Å². The number of carbonyl (C=O) groups excluding carboxylic acids is 1. The van der Waals surface area contributed by atoms with Crippen molar-refractivity contribution in [3.8, 4) is 6.07 Å². The molecule has 1 aromatic rings. The number of alkyl halides is 2. The summed E-state index contributed by atoms with van der Waals surface area (Å²) in [4.78, 5) is 27.7. The maximum atomic E-state index is 12.7. The van der Waals surface area contributed by atoms with Crippen LogP contribution in [0, 0.1) is 21.4 Å². The molecule has 2 rings (SSSR count). The van der Waals surface area contributed by atoms with Gasteiger partial charge in [-0.1, -0.05) is 31.9 Å². The first kappa shape index (κ1) is 23.5. The summed E-state index contributed by atoms with van der Waals surface area (Å²) in [6, 6.07) is 4.65. The highest BCUT2D eigenvalue weighted by atomic mass is 79.9. The van der Waals surface area contributed by atoms with Crippen molar-refractivity contribution in [2.24, 2.45) is 0 Å². The van der Waals surface area contributed by atoms with Gasteiger partial charge in [0.15, 0.2) is 0 Å². The molecule has 1 amide bonds. The second-order valence-electron chi connectivity index (χ2n) is 6.33. The van der Waals surface area contributed by atoms with Crippen molar-refractivity contribution in [3.05, 3.63) is 33.4 Å². The van der Waals surface area contributed by atoms with E-state index >= 15 is 0 Å². The SMILES string of the molecule is N#Cc1cc([N+](=O)[O-])c(C(=O)NCCN2CCOCC2)cc1N(CCBr)CCBr. The van der Waals surface area contributed by atoms with Gasteiger partial charge in [0.2, 0.25) is 0 Å². The number of hydrogen-bond acceptors (Lipinski definition) is 7. The number of morpholine rings is 1. The van der Waals surface area contributed by atoms with E-state index in [9.17, 15) is 20.2 Å². The Balaban J connectivity index is 2.25. The number of ether oxygens (including phenoxy) is 1. The molecule has 1 aliphatic heterocycles. The number of carbonyl (C=O) groups is 1. The number of nitro groups is 1. The highest BCUT2D eigenvalue weighted by molar-refractivity contribution is 9.09. The minimum atomic E-state index is -0.624. The third kappa shape index (κ3) is 6.64. The number of benzene rings is 1. The number of halogens is 2. The van der Waals surface area contributed by atoms with Crippen LogP contribution in [0.15, 0.2) is 12.1 Å². The molecule has 0 aromatic heterocycles. The van der Waals surface area contributed by atoms with Crippen molar-refractivity contribution in [2.75, 3.05) is 68.0 Å². The van der Waals surface area contributed by atoms with Crippen molar-refractivity contribution in [3.63, 3.8) is 0 Å². The first-order valence-corrected chi connectivity index (χ1v) is 11.4. The third-order valence-electron chi connectivity index (χ3n) is 4.54. The molecule has 0 spiro atoms. The van der Waals surface area contributed by atoms with Crippen LogP contribution in [0.4, 0.5) is 11.4 Å². The van der Waals surface area contributed by atoms with Gasteiger partial charge in [0.25, 0.3) is 11.6 Å². The van der Waals surface area contributed by atoms with Crippen molar-refractivity contribution in [2.45, 2.75) is 0 Å². The highest BCUT2D eigenvalue weighted by Gasteiger charge is 2.25. The standard InChI is InChI=1S/C18H23Br2N5O4/c19-1-4-24(5-2-20)16-12-15(17(25(27)28)11-14(16)13-21)18(26)22-3-6-23-7-9-29-10-8-23/h11-12H,1-10H2,(H,22,26). The summed E-state index contributed by atoms with van der Waals surface area (Å²) in [6.07, 6.45) is 0. The lowest BCUT2D eigenvalue weighted by Gasteiger charge is -2.26. The molecule has 1 aromatic carbocycles. The first-order valence-electron chi connectivity index (χ1n) is 9.19. The molecule has 1 N–H and O–H groups in total. The summed E-state index contributed by atoms with van der Waals surface area (Å²) in [5, 5.41) is 25.1. The first-order chi connectivity index (χ1) is 14.0. The Labute approximate surface area is 186 Å². The van der Waals surface area contributed by atoms with Crippen LogP contribution in [0.1, 0.15) is 15.9 Å². The van der Waals surface area contributed by atoms with Crippen molar-refractivity contribution >= 4 is 49.1 Å². The third-order valence-corrected chi connectivity index (χ3v) is 5.25. The number of anilines is 1. The Kier molecular flexibility index (Phi) is 9.80. The predicted octanol–water partition coefficient (Wildman–Crippen LogP) is 2.12. The monoisotopic (exact) mass is 531 g/mol. The number of nitrogens with one attached hydrogen (secondary N) is 1. The molecule has 9 nitrogen and oxygen atoms in total. The molecular formula is C18H23Br2N5O4. The van der Waals surface area contributed by atoms with Gasteiger partial charge >= 0.3 is 0 Å². The number of rotatable bonds is 10. The molecule has 1 aliphatic rings. The Bertz CT molecular complexity index is 759. The molecule has 1 fully saturated rings. The average Bonchev–Trinajstić information content (AvgIpc) is 2.73. The van der Waals surface area contributed by atoms with E-state index < -0.39 is 10.8 Å². The lowest BCUT2D eigenvalue weighted by molar-refractivity contribution is -0.385. The largest absolute Gasteiger partial charge is 0.379 e. The Morgan fingerprint density at radius 3 is 2.52 bits per heavy atom.